The van der Waals surface area contributed by atoms with Crippen LogP contribution in [-0.4, -0.2) is 33.9 Å². The van der Waals surface area contributed by atoms with Crippen LogP contribution in [0.25, 0.3) is 0 Å². The van der Waals surface area contributed by atoms with E-state index in [9.17, 15) is 4.57 Å². The highest BCUT2D eigenvalue weighted by Gasteiger charge is 2.42. The summed E-state index contributed by atoms with van der Waals surface area (Å²) in [5.74, 6) is 0. The molecular weight excluding hydrogens is 187 g/mol. The monoisotopic (exact) mass is 197 g/mol. The van der Waals surface area contributed by atoms with Crippen LogP contribution >= 0.6 is 7.60 Å². The molecule has 0 aliphatic rings. The summed E-state index contributed by atoms with van der Waals surface area (Å²) in [5.41, 5.74) is 0. The Hall–Kier alpha value is -0.230. The van der Waals surface area contributed by atoms with Crippen LogP contribution in [0.2, 0.25) is 0 Å². The summed E-state index contributed by atoms with van der Waals surface area (Å²) in [5, 5.41) is 8.55. The predicted octanol–water partition coefficient (Wildman–Crippen LogP) is 0.767. The van der Waals surface area contributed by atoms with Gasteiger partial charge in [-0.3, -0.25) is 4.57 Å². The van der Waals surface area contributed by atoms with Gasteiger partial charge < -0.3 is 9.05 Å². The van der Waals surface area contributed by atoms with Gasteiger partial charge in [0, 0.05) is 0 Å². The lowest BCUT2D eigenvalue weighted by Crippen LogP contribution is -2.30. The normalized spacial score (nSPS) is 12.4. The molecule has 0 unspecified atom stereocenters. The van der Waals surface area contributed by atoms with Crippen molar-refractivity contribution in [1.82, 2.24) is 0 Å². The van der Waals surface area contributed by atoms with E-state index < -0.39 is 12.6 Å². The topological polar surface area (TPSA) is 59.3 Å². The summed E-state index contributed by atoms with van der Waals surface area (Å²) < 4.78 is 21.3. The first kappa shape index (κ1) is 12.8. The molecule has 0 aromatic heterocycles. The van der Waals surface area contributed by atoms with Gasteiger partial charge in [-0.05, 0) is 13.8 Å². The SMILES string of the molecule is [B]C([B])(C#N)P(=O)(OCC)OCC. The lowest BCUT2D eigenvalue weighted by molar-refractivity contribution is 0.218. The molecule has 0 aliphatic heterocycles. The van der Waals surface area contributed by atoms with Gasteiger partial charge in [0.1, 0.15) is 0 Å². The average Bonchev–Trinajstić information content (AvgIpc) is 2.05. The van der Waals surface area contributed by atoms with Crippen LogP contribution < -0.4 is 0 Å². The summed E-state index contributed by atoms with van der Waals surface area (Å²) >= 11 is 0. The first-order chi connectivity index (χ1) is 5.93. The minimum absolute atomic E-state index is 0.120. The fourth-order valence-corrected chi connectivity index (χ4v) is 1.96. The number of nitriles is 1. The summed E-state index contributed by atoms with van der Waals surface area (Å²) in [6.45, 7) is 3.46. The van der Waals surface area contributed by atoms with Gasteiger partial charge in [-0.15, -0.1) is 0 Å². The number of hydrogen-bond acceptors (Lipinski definition) is 4. The van der Waals surface area contributed by atoms with Gasteiger partial charge in [0.15, 0.2) is 0 Å². The molecule has 0 saturated heterocycles. The van der Waals surface area contributed by atoms with Crippen molar-refractivity contribution in [3.05, 3.63) is 0 Å². The van der Waals surface area contributed by atoms with Gasteiger partial charge in [-0.25, -0.2) is 0 Å². The van der Waals surface area contributed by atoms with Crippen molar-refractivity contribution >= 4 is 23.3 Å². The maximum atomic E-state index is 11.7. The number of nitrogens with zero attached hydrogens (tertiary/aromatic N) is 1. The molecule has 0 rings (SSSR count). The van der Waals surface area contributed by atoms with Gasteiger partial charge in [-0.1, -0.05) is 0 Å². The molecule has 4 radical (unpaired) electrons. The van der Waals surface area contributed by atoms with E-state index in [1.54, 1.807) is 13.8 Å². The second-order valence-corrected chi connectivity index (χ2v) is 4.52. The molecule has 0 spiro atoms. The fourth-order valence-electron chi connectivity index (χ4n) is 0.652. The number of hydrogen-bond donors (Lipinski definition) is 0. The molecule has 0 N–H and O–H groups in total. The average molecular weight is 197 g/mol. The Labute approximate surface area is 81.0 Å². The van der Waals surface area contributed by atoms with Gasteiger partial charge in [-0.2, -0.15) is 5.26 Å². The minimum atomic E-state index is -3.73. The Balaban J connectivity index is 4.80. The van der Waals surface area contributed by atoms with Crippen molar-refractivity contribution in [2.24, 2.45) is 0 Å². The molecule has 0 saturated carbocycles. The van der Waals surface area contributed by atoms with E-state index >= 15 is 0 Å². The highest BCUT2D eigenvalue weighted by atomic mass is 31.2. The quantitative estimate of drug-likeness (QED) is 0.482. The molecule has 0 aromatic carbocycles. The summed E-state index contributed by atoms with van der Waals surface area (Å²) in [7, 11) is 6.81. The van der Waals surface area contributed by atoms with Crippen molar-refractivity contribution < 1.29 is 13.6 Å². The Kier molecular flexibility index (Phi) is 4.77. The van der Waals surface area contributed by atoms with Crippen molar-refractivity contribution in [2.75, 3.05) is 13.2 Å². The second-order valence-electron chi connectivity index (χ2n) is 2.27. The summed E-state index contributed by atoms with van der Waals surface area (Å²) in [4.78, 5) is -2.08. The molecule has 4 nitrogen and oxygen atoms in total. The van der Waals surface area contributed by atoms with Crippen LogP contribution in [0.5, 0.6) is 0 Å². The maximum Gasteiger partial charge on any atom is 0.332 e. The van der Waals surface area contributed by atoms with Crippen LogP contribution in [0.1, 0.15) is 13.8 Å². The third-order valence-electron chi connectivity index (χ3n) is 1.23. The van der Waals surface area contributed by atoms with E-state index in [-0.39, 0.29) is 13.2 Å². The standard InChI is InChI=1S/C6H10B2NO3P/c1-3-11-13(10,12-4-2)6(7,8)5-9/h3-4H2,1-2H3. The Bertz CT molecular complexity index is 241. The highest BCUT2D eigenvalue weighted by molar-refractivity contribution is 7.60. The second kappa shape index (κ2) is 4.85. The van der Waals surface area contributed by atoms with Crippen molar-refractivity contribution in [2.45, 2.75) is 18.8 Å². The van der Waals surface area contributed by atoms with Crippen LogP contribution in [0.15, 0.2) is 0 Å². The third kappa shape index (κ3) is 2.87. The van der Waals surface area contributed by atoms with Crippen LogP contribution in [-0.2, 0) is 13.6 Å². The molecule has 68 valence electrons. The van der Waals surface area contributed by atoms with E-state index in [0.717, 1.165) is 0 Å². The molecular formula is C6H10B2NO3P. The van der Waals surface area contributed by atoms with E-state index in [1.807, 2.05) is 0 Å². The molecule has 0 bridgehead atoms. The van der Waals surface area contributed by atoms with Gasteiger partial charge in [0.05, 0.1) is 39.9 Å². The molecule has 0 amide bonds. The predicted molar refractivity (Wildman–Crippen MR) is 50.7 cm³/mol. The van der Waals surface area contributed by atoms with E-state index in [2.05, 4.69) is 0 Å². The highest BCUT2D eigenvalue weighted by Crippen LogP contribution is 2.56. The largest absolute Gasteiger partial charge is 0.332 e. The van der Waals surface area contributed by atoms with Gasteiger partial charge in [0.25, 0.3) is 0 Å². The van der Waals surface area contributed by atoms with Crippen LogP contribution in [0.3, 0.4) is 0 Å². The minimum Gasteiger partial charge on any atom is -0.309 e. The molecule has 13 heavy (non-hydrogen) atoms. The molecule has 0 aliphatic carbocycles. The first-order valence-corrected chi connectivity index (χ1v) is 5.36. The zero-order chi connectivity index (χ0) is 10.5. The smallest absolute Gasteiger partial charge is 0.309 e. The van der Waals surface area contributed by atoms with Gasteiger partial charge >= 0.3 is 7.60 Å². The molecule has 0 fully saturated rings. The molecule has 0 atom stereocenters. The lowest BCUT2D eigenvalue weighted by atomic mass is 9.71. The van der Waals surface area contributed by atoms with Crippen molar-refractivity contribution in [3.8, 4) is 6.07 Å². The van der Waals surface area contributed by atoms with Gasteiger partial charge in [0.2, 0.25) is 0 Å². The Morgan fingerprint density at radius 3 is 2.00 bits per heavy atom. The van der Waals surface area contributed by atoms with Crippen molar-refractivity contribution in [3.63, 3.8) is 0 Å². The van der Waals surface area contributed by atoms with E-state index in [1.165, 1.54) is 6.07 Å². The fraction of sp³-hybridized carbons (Fsp3) is 0.833. The maximum absolute atomic E-state index is 11.7. The summed E-state index contributed by atoms with van der Waals surface area (Å²) in [6, 6.07) is 1.49. The lowest BCUT2D eigenvalue weighted by Gasteiger charge is -2.27. The van der Waals surface area contributed by atoms with Crippen LogP contribution in [0.4, 0.5) is 0 Å². The van der Waals surface area contributed by atoms with E-state index in [4.69, 9.17) is 30.0 Å². The van der Waals surface area contributed by atoms with Crippen LogP contribution in [0, 0.1) is 11.3 Å². The third-order valence-corrected chi connectivity index (χ3v) is 3.43. The Morgan fingerprint density at radius 1 is 1.38 bits per heavy atom. The van der Waals surface area contributed by atoms with E-state index in [0.29, 0.717) is 0 Å². The number of rotatable bonds is 5. The zero-order valence-corrected chi connectivity index (χ0v) is 8.58. The zero-order valence-electron chi connectivity index (χ0n) is 7.69. The summed E-state index contributed by atoms with van der Waals surface area (Å²) in [6.07, 6.45) is 0. The Morgan fingerprint density at radius 2 is 1.77 bits per heavy atom. The molecule has 0 aromatic rings. The first-order valence-electron chi connectivity index (χ1n) is 3.81. The molecule has 0 heterocycles. The van der Waals surface area contributed by atoms with Crippen molar-refractivity contribution in [1.29, 1.82) is 5.26 Å². The molecule has 7 heteroatoms.